The smallest absolute Gasteiger partial charge is 0.340 e. The van der Waals surface area contributed by atoms with Gasteiger partial charge in [0.1, 0.15) is 5.75 Å². The average molecular weight is 233 g/mol. The van der Waals surface area contributed by atoms with Gasteiger partial charge in [0.05, 0.1) is 17.7 Å². The molecule has 0 unspecified atom stereocenters. The standard InChI is InChI=1S/C13H15NO3/c1-4-17-13(16)12-8(2)14(3)11-7-9(15)5-6-10(11)12/h5-7,15H,4H2,1-3H3. The number of phenols is 1. The van der Waals surface area contributed by atoms with Crippen LogP contribution >= 0.6 is 0 Å². The van der Waals surface area contributed by atoms with E-state index in [1.54, 1.807) is 25.1 Å². The summed E-state index contributed by atoms with van der Waals surface area (Å²) in [6, 6.07) is 4.96. The van der Waals surface area contributed by atoms with E-state index in [9.17, 15) is 9.90 Å². The molecule has 4 nitrogen and oxygen atoms in total. The van der Waals surface area contributed by atoms with Crippen molar-refractivity contribution in [2.75, 3.05) is 6.61 Å². The van der Waals surface area contributed by atoms with Crippen molar-refractivity contribution in [1.29, 1.82) is 0 Å². The largest absolute Gasteiger partial charge is 0.508 e. The van der Waals surface area contributed by atoms with Crippen molar-refractivity contribution in [1.82, 2.24) is 4.57 Å². The SMILES string of the molecule is CCOC(=O)c1c(C)n(C)c2cc(O)ccc12. The summed E-state index contributed by atoms with van der Waals surface area (Å²) >= 11 is 0. The van der Waals surface area contributed by atoms with Crippen molar-refractivity contribution in [3.63, 3.8) is 0 Å². The van der Waals surface area contributed by atoms with Gasteiger partial charge in [0.2, 0.25) is 0 Å². The summed E-state index contributed by atoms with van der Waals surface area (Å²) in [5.41, 5.74) is 2.24. The molecule has 1 heterocycles. The van der Waals surface area contributed by atoms with E-state index in [4.69, 9.17) is 4.74 Å². The van der Waals surface area contributed by atoms with Crippen molar-refractivity contribution in [3.05, 3.63) is 29.5 Å². The molecule has 1 aromatic carbocycles. The third-order valence-electron chi connectivity index (χ3n) is 2.96. The molecule has 2 aromatic rings. The first-order chi connectivity index (χ1) is 8.06. The molecule has 0 atom stereocenters. The van der Waals surface area contributed by atoms with Crippen LogP contribution in [0.15, 0.2) is 18.2 Å². The number of carbonyl (C=O) groups is 1. The summed E-state index contributed by atoms with van der Waals surface area (Å²) in [5.74, 6) is -0.130. The van der Waals surface area contributed by atoms with Crippen LogP contribution in [-0.4, -0.2) is 22.2 Å². The molecule has 2 rings (SSSR count). The first kappa shape index (κ1) is 11.5. The normalized spacial score (nSPS) is 10.8. The zero-order valence-corrected chi connectivity index (χ0v) is 10.2. The first-order valence-electron chi connectivity index (χ1n) is 5.51. The lowest BCUT2D eigenvalue weighted by molar-refractivity contribution is 0.0527. The number of nitrogens with zero attached hydrogens (tertiary/aromatic N) is 1. The number of benzene rings is 1. The Labute approximate surface area is 99.4 Å². The Morgan fingerprint density at radius 3 is 2.82 bits per heavy atom. The minimum absolute atomic E-state index is 0.188. The Kier molecular flexibility index (Phi) is 2.79. The van der Waals surface area contributed by atoms with Gasteiger partial charge in [0, 0.05) is 24.2 Å². The van der Waals surface area contributed by atoms with Crippen molar-refractivity contribution in [3.8, 4) is 5.75 Å². The monoisotopic (exact) mass is 233 g/mol. The summed E-state index contributed by atoms with van der Waals surface area (Å²) in [6.45, 7) is 4.00. The van der Waals surface area contributed by atoms with E-state index >= 15 is 0 Å². The number of carbonyl (C=O) groups excluding carboxylic acids is 1. The number of ether oxygens (including phenoxy) is 1. The Balaban J connectivity index is 2.71. The minimum Gasteiger partial charge on any atom is -0.508 e. The molecule has 0 saturated heterocycles. The second-order valence-electron chi connectivity index (χ2n) is 3.94. The molecule has 0 aliphatic heterocycles. The van der Waals surface area contributed by atoms with E-state index in [1.807, 2.05) is 18.5 Å². The fraction of sp³-hybridized carbons (Fsp3) is 0.308. The molecular weight excluding hydrogens is 218 g/mol. The number of fused-ring (bicyclic) bond motifs is 1. The molecule has 0 fully saturated rings. The Bertz CT molecular complexity index is 584. The first-order valence-corrected chi connectivity index (χ1v) is 5.51. The van der Waals surface area contributed by atoms with Crippen LogP contribution in [0.2, 0.25) is 0 Å². The van der Waals surface area contributed by atoms with Gasteiger partial charge in [0.15, 0.2) is 0 Å². The van der Waals surface area contributed by atoms with Crippen LogP contribution < -0.4 is 0 Å². The third kappa shape index (κ3) is 1.75. The van der Waals surface area contributed by atoms with Crippen molar-refractivity contribution in [2.45, 2.75) is 13.8 Å². The van der Waals surface area contributed by atoms with Crippen molar-refractivity contribution >= 4 is 16.9 Å². The molecule has 17 heavy (non-hydrogen) atoms. The number of rotatable bonds is 2. The lowest BCUT2D eigenvalue weighted by Crippen LogP contribution is -2.06. The van der Waals surface area contributed by atoms with Gasteiger partial charge < -0.3 is 14.4 Å². The van der Waals surface area contributed by atoms with Crippen LogP contribution in [-0.2, 0) is 11.8 Å². The molecule has 90 valence electrons. The zero-order chi connectivity index (χ0) is 12.6. The maximum absolute atomic E-state index is 11.9. The summed E-state index contributed by atoms with van der Waals surface area (Å²) < 4.78 is 6.92. The third-order valence-corrected chi connectivity index (χ3v) is 2.96. The van der Waals surface area contributed by atoms with Crippen LogP contribution in [0, 0.1) is 6.92 Å². The minimum atomic E-state index is -0.318. The number of esters is 1. The van der Waals surface area contributed by atoms with Gasteiger partial charge in [-0.3, -0.25) is 0 Å². The molecule has 0 spiro atoms. The van der Waals surface area contributed by atoms with Crippen LogP contribution in [0.5, 0.6) is 5.75 Å². The molecule has 4 heteroatoms. The highest BCUT2D eigenvalue weighted by Gasteiger charge is 2.19. The second kappa shape index (κ2) is 4.13. The molecule has 0 aliphatic rings. The van der Waals surface area contributed by atoms with Gasteiger partial charge in [-0.25, -0.2) is 4.79 Å². The summed E-state index contributed by atoms with van der Waals surface area (Å²) in [5, 5.41) is 10.3. The topological polar surface area (TPSA) is 51.5 Å². The molecule has 0 saturated carbocycles. The number of aromatic nitrogens is 1. The molecular formula is C13H15NO3. The number of aryl methyl sites for hydroxylation is 1. The van der Waals surface area contributed by atoms with Crippen LogP contribution in [0.4, 0.5) is 0 Å². The summed E-state index contributed by atoms with van der Waals surface area (Å²) in [7, 11) is 1.86. The molecule has 1 N–H and O–H groups in total. The maximum atomic E-state index is 11.9. The molecule has 1 aromatic heterocycles. The predicted octanol–water partition coefficient (Wildman–Crippen LogP) is 2.37. The molecule has 0 aliphatic carbocycles. The Morgan fingerprint density at radius 1 is 1.47 bits per heavy atom. The summed E-state index contributed by atoms with van der Waals surface area (Å²) in [6.07, 6.45) is 0. The van der Waals surface area contributed by atoms with E-state index < -0.39 is 0 Å². The Morgan fingerprint density at radius 2 is 2.18 bits per heavy atom. The average Bonchev–Trinajstić information content (AvgIpc) is 2.53. The molecule has 0 bridgehead atoms. The number of hydrogen-bond acceptors (Lipinski definition) is 3. The van der Waals surface area contributed by atoms with Crippen LogP contribution in [0.25, 0.3) is 10.9 Å². The Hall–Kier alpha value is -1.97. The van der Waals surface area contributed by atoms with E-state index in [2.05, 4.69) is 0 Å². The van der Waals surface area contributed by atoms with Gasteiger partial charge in [-0.2, -0.15) is 0 Å². The van der Waals surface area contributed by atoms with Gasteiger partial charge >= 0.3 is 5.97 Å². The number of phenolic OH excluding ortho intramolecular Hbond substituents is 1. The zero-order valence-electron chi connectivity index (χ0n) is 10.2. The molecule has 0 radical (unpaired) electrons. The fourth-order valence-corrected chi connectivity index (χ4v) is 2.01. The van der Waals surface area contributed by atoms with Gasteiger partial charge in [-0.05, 0) is 26.0 Å². The lowest BCUT2D eigenvalue weighted by Gasteiger charge is -2.02. The van der Waals surface area contributed by atoms with Gasteiger partial charge in [-0.1, -0.05) is 0 Å². The van der Waals surface area contributed by atoms with E-state index in [0.717, 1.165) is 16.6 Å². The van der Waals surface area contributed by atoms with E-state index in [1.165, 1.54) is 0 Å². The highest BCUT2D eigenvalue weighted by atomic mass is 16.5. The molecule has 0 amide bonds. The van der Waals surface area contributed by atoms with Crippen LogP contribution in [0.1, 0.15) is 23.0 Å². The summed E-state index contributed by atoms with van der Waals surface area (Å²) in [4.78, 5) is 11.9. The predicted molar refractivity (Wildman–Crippen MR) is 65.3 cm³/mol. The van der Waals surface area contributed by atoms with Crippen LogP contribution in [0.3, 0.4) is 0 Å². The quantitative estimate of drug-likeness (QED) is 0.810. The van der Waals surface area contributed by atoms with E-state index in [0.29, 0.717) is 12.2 Å². The number of hydrogen-bond donors (Lipinski definition) is 1. The number of aromatic hydroxyl groups is 1. The van der Waals surface area contributed by atoms with Gasteiger partial charge in [-0.15, -0.1) is 0 Å². The highest BCUT2D eigenvalue weighted by Crippen LogP contribution is 2.28. The van der Waals surface area contributed by atoms with Crippen molar-refractivity contribution < 1.29 is 14.6 Å². The van der Waals surface area contributed by atoms with E-state index in [-0.39, 0.29) is 11.7 Å². The second-order valence-corrected chi connectivity index (χ2v) is 3.94. The fourth-order valence-electron chi connectivity index (χ4n) is 2.01. The maximum Gasteiger partial charge on any atom is 0.340 e. The van der Waals surface area contributed by atoms with Gasteiger partial charge in [0.25, 0.3) is 0 Å². The van der Waals surface area contributed by atoms with Crippen molar-refractivity contribution in [2.24, 2.45) is 7.05 Å². The lowest BCUT2D eigenvalue weighted by atomic mass is 10.1. The highest BCUT2D eigenvalue weighted by molar-refractivity contribution is 6.06.